The second-order valence-electron chi connectivity index (χ2n) is 4.00. The van der Waals surface area contributed by atoms with Crippen LogP contribution in [0, 0.1) is 0 Å². The lowest BCUT2D eigenvalue weighted by molar-refractivity contribution is 0.0437. The summed E-state index contributed by atoms with van der Waals surface area (Å²) in [6, 6.07) is 15.1. The molecule has 4 heteroatoms. The molecule has 1 aliphatic rings. The van der Waals surface area contributed by atoms with Gasteiger partial charge in [0.25, 0.3) is 0 Å². The zero-order chi connectivity index (χ0) is 12.5. The summed E-state index contributed by atoms with van der Waals surface area (Å²) in [7, 11) is 0. The normalized spacial score (nSPS) is 17.2. The SMILES string of the molecule is O=C1O[C@@H](Nc2ccccc2Br)c2ccccc21. The van der Waals surface area contributed by atoms with Crippen LogP contribution in [-0.4, -0.2) is 5.97 Å². The fraction of sp³-hybridized carbons (Fsp3) is 0.0714. The lowest BCUT2D eigenvalue weighted by Crippen LogP contribution is -2.10. The summed E-state index contributed by atoms with van der Waals surface area (Å²) in [5.74, 6) is -0.282. The molecular formula is C14H10BrNO2. The van der Waals surface area contributed by atoms with Gasteiger partial charge in [0.2, 0.25) is 6.23 Å². The van der Waals surface area contributed by atoms with Crippen LogP contribution in [0.5, 0.6) is 0 Å². The molecule has 0 unspecified atom stereocenters. The highest BCUT2D eigenvalue weighted by Gasteiger charge is 2.30. The minimum atomic E-state index is -0.424. The van der Waals surface area contributed by atoms with E-state index in [1.807, 2.05) is 42.5 Å². The van der Waals surface area contributed by atoms with Crippen molar-refractivity contribution in [1.29, 1.82) is 0 Å². The Hall–Kier alpha value is -1.81. The molecule has 3 nitrogen and oxygen atoms in total. The number of para-hydroxylation sites is 1. The Labute approximate surface area is 113 Å². The van der Waals surface area contributed by atoms with Crippen molar-refractivity contribution in [1.82, 2.24) is 0 Å². The van der Waals surface area contributed by atoms with Gasteiger partial charge in [0.1, 0.15) is 0 Å². The van der Waals surface area contributed by atoms with Crippen LogP contribution in [0.4, 0.5) is 5.69 Å². The number of halogens is 1. The summed E-state index contributed by atoms with van der Waals surface area (Å²) in [5.41, 5.74) is 2.40. The highest BCUT2D eigenvalue weighted by atomic mass is 79.9. The molecule has 1 atom stereocenters. The molecular weight excluding hydrogens is 294 g/mol. The molecule has 3 rings (SSSR count). The van der Waals surface area contributed by atoms with Crippen molar-refractivity contribution >= 4 is 27.6 Å². The Kier molecular flexibility index (Phi) is 2.80. The van der Waals surface area contributed by atoms with Crippen molar-refractivity contribution in [2.45, 2.75) is 6.23 Å². The highest BCUT2D eigenvalue weighted by molar-refractivity contribution is 9.10. The highest BCUT2D eigenvalue weighted by Crippen LogP contribution is 2.33. The third-order valence-corrected chi connectivity index (χ3v) is 3.54. The number of rotatable bonds is 2. The molecule has 2 aromatic carbocycles. The van der Waals surface area contributed by atoms with Crippen LogP contribution >= 0.6 is 15.9 Å². The molecule has 2 aromatic rings. The molecule has 18 heavy (non-hydrogen) atoms. The number of benzene rings is 2. The predicted molar refractivity (Wildman–Crippen MR) is 72.4 cm³/mol. The van der Waals surface area contributed by atoms with Gasteiger partial charge in [0, 0.05) is 10.0 Å². The Bertz CT molecular complexity index is 612. The fourth-order valence-electron chi connectivity index (χ4n) is 1.97. The monoisotopic (exact) mass is 303 g/mol. The summed E-state index contributed by atoms with van der Waals surface area (Å²) in [6.07, 6.45) is -0.424. The quantitative estimate of drug-likeness (QED) is 0.859. The Morgan fingerprint density at radius 2 is 1.78 bits per heavy atom. The molecule has 0 fully saturated rings. The Morgan fingerprint density at radius 3 is 2.61 bits per heavy atom. The largest absolute Gasteiger partial charge is 0.434 e. The van der Waals surface area contributed by atoms with Crippen LogP contribution in [0.15, 0.2) is 53.0 Å². The number of cyclic esters (lactones) is 1. The smallest absolute Gasteiger partial charge is 0.340 e. The van der Waals surface area contributed by atoms with E-state index in [1.54, 1.807) is 6.07 Å². The van der Waals surface area contributed by atoms with Crippen molar-refractivity contribution in [3.8, 4) is 0 Å². The molecule has 0 aromatic heterocycles. The van der Waals surface area contributed by atoms with E-state index >= 15 is 0 Å². The molecule has 1 N–H and O–H groups in total. The predicted octanol–water partition coefficient (Wildman–Crippen LogP) is 3.73. The van der Waals surface area contributed by atoms with Gasteiger partial charge in [0.15, 0.2) is 0 Å². The van der Waals surface area contributed by atoms with Crippen molar-refractivity contribution < 1.29 is 9.53 Å². The van der Waals surface area contributed by atoms with E-state index in [4.69, 9.17) is 4.74 Å². The number of esters is 1. The number of ether oxygens (including phenoxy) is 1. The topological polar surface area (TPSA) is 38.3 Å². The molecule has 0 radical (unpaired) electrons. The Balaban J connectivity index is 1.92. The van der Waals surface area contributed by atoms with Crippen molar-refractivity contribution in [2.75, 3.05) is 5.32 Å². The third-order valence-electron chi connectivity index (χ3n) is 2.85. The molecule has 0 spiro atoms. The molecule has 0 amide bonds. The van der Waals surface area contributed by atoms with Gasteiger partial charge in [-0.2, -0.15) is 0 Å². The molecule has 0 bridgehead atoms. The molecule has 0 saturated heterocycles. The van der Waals surface area contributed by atoms with Crippen LogP contribution in [0.3, 0.4) is 0 Å². The van der Waals surface area contributed by atoms with E-state index in [-0.39, 0.29) is 5.97 Å². The number of hydrogen-bond acceptors (Lipinski definition) is 3. The van der Waals surface area contributed by atoms with Crippen LogP contribution in [0.25, 0.3) is 0 Å². The van der Waals surface area contributed by atoms with E-state index in [9.17, 15) is 4.79 Å². The van der Waals surface area contributed by atoms with Crippen LogP contribution < -0.4 is 5.32 Å². The average molecular weight is 304 g/mol. The first kappa shape index (κ1) is 11.3. The molecule has 1 aliphatic heterocycles. The minimum Gasteiger partial charge on any atom is -0.434 e. The van der Waals surface area contributed by atoms with Gasteiger partial charge in [-0.1, -0.05) is 30.3 Å². The van der Waals surface area contributed by atoms with Gasteiger partial charge >= 0.3 is 5.97 Å². The summed E-state index contributed by atoms with van der Waals surface area (Å²) in [6.45, 7) is 0. The number of carbonyl (C=O) groups is 1. The summed E-state index contributed by atoms with van der Waals surface area (Å²) >= 11 is 3.46. The van der Waals surface area contributed by atoms with Crippen molar-refractivity contribution in [3.63, 3.8) is 0 Å². The summed E-state index contributed by atoms with van der Waals surface area (Å²) in [4.78, 5) is 11.7. The van der Waals surface area contributed by atoms with E-state index in [2.05, 4.69) is 21.2 Å². The van der Waals surface area contributed by atoms with E-state index in [1.165, 1.54) is 0 Å². The van der Waals surface area contributed by atoms with Crippen molar-refractivity contribution in [3.05, 3.63) is 64.1 Å². The van der Waals surface area contributed by atoms with E-state index in [0.717, 1.165) is 15.7 Å². The van der Waals surface area contributed by atoms with Gasteiger partial charge in [-0.05, 0) is 34.1 Å². The average Bonchev–Trinajstić information content (AvgIpc) is 2.70. The van der Waals surface area contributed by atoms with Gasteiger partial charge < -0.3 is 10.1 Å². The van der Waals surface area contributed by atoms with Gasteiger partial charge in [-0.15, -0.1) is 0 Å². The molecule has 0 saturated carbocycles. The first-order valence-electron chi connectivity index (χ1n) is 5.56. The second-order valence-corrected chi connectivity index (χ2v) is 4.85. The maximum atomic E-state index is 11.7. The fourth-order valence-corrected chi connectivity index (χ4v) is 2.37. The third kappa shape index (κ3) is 1.88. The first-order valence-corrected chi connectivity index (χ1v) is 6.36. The van der Waals surface area contributed by atoms with Gasteiger partial charge in [-0.3, -0.25) is 0 Å². The molecule has 0 aliphatic carbocycles. The number of fused-ring (bicyclic) bond motifs is 1. The first-order chi connectivity index (χ1) is 8.75. The van der Waals surface area contributed by atoms with Crippen LogP contribution in [-0.2, 0) is 4.74 Å². The summed E-state index contributed by atoms with van der Waals surface area (Å²) in [5, 5.41) is 3.21. The maximum absolute atomic E-state index is 11.7. The zero-order valence-corrected chi connectivity index (χ0v) is 11.0. The summed E-state index contributed by atoms with van der Waals surface area (Å²) < 4.78 is 6.26. The lowest BCUT2D eigenvalue weighted by atomic mass is 10.1. The van der Waals surface area contributed by atoms with Crippen LogP contribution in [0.1, 0.15) is 22.1 Å². The van der Waals surface area contributed by atoms with Gasteiger partial charge in [-0.25, -0.2) is 4.79 Å². The molecule has 90 valence electrons. The van der Waals surface area contributed by atoms with Crippen LogP contribution in [0.2, 0.25) is 0 Å². The lowest BCUT2D eigenvalue weighted by Gasteiger charge is -2.15. The number of hydrogen-bond donors (Lipinski definition) is 1. The second kappa shape index (κ2) is 4.46. The Morgan fingerprint density at radius 1 is 1.06 bits per heavy atom. The number of carbonyl (C=O) groups excluding carboxylic acids is 1. The maximum Gasteiger partial charge on any atom is 0.340 e. The molecule has 1 heterocycles. The standard InChI is InChI=1S/C14H10BrNO2/c15-11-7-3-4-8-12(11)16-13-9-5-1-2-6-10(9)14(17)18-13/h1-8,13,16H/t13-/m1/s1. The van der Waals surface area contributed by atoms with Gasteiger partial charge in [0.05, 0.1) is 11.3 Å². The minimum absolute atomic E-state index is 0.282. The van der Waals surface area contributed by atoms with E-state index in [0.29, 0.717) is 5.56 Å². The number of anilines is 1. The van der Waals surface area contributed by atoms with Crippen molar-refractivity contribution in [2.24, 2.45) is 0 Å². The zero-order valence-electron chi connectivity index (χ0n) is 9.39. The van der Waals surface area contributed by atoms with E-state index < -0.39 is 6.23 Å². The number of nitrogens with one attached hydrogen (secondary N) is 1.